The summed E-state index contributed by atoms with van der Waals surface area (Å²) < 4.78 is 38.6. The number of nitrogens with one attached hydrogen (secondary N) is 1. The number of nitrogens with zero attached hydrogens (tertiary/aromatic N) is 4. The van der Waals surface area contributed by atoms with Crippen molar-refractivity contribution in [1.82, 2.24) is 14.8 Å². The molecule has 0 bridgehead atoms. The molecule has 0 spiro atoms. The minimum atomic E-state index is -4.65. The van der Waals surface area contributed by atoms with Gasteiger partial charge in [-0.2, -0.15) is 23.0 Å². The first-order valence-electron chi connectivity index (χ1n) is 5.84. The Balaban J connectivity index is 2.58. The number of rotatable bonds is 3. The minimum absolute atomic E-state index is 0.295. The first-order valence-corrected chi connectivity index (χ1v) is 6.22. The maximum Gasteiger partial charge on any atom is 0.417 e. The lowest BCUT2D eigenvalue weighted by Crippen LogP contribution is -2.14. The highest BCUT2D eigenvalue weighted by atomic mass is 35.5. The highest BCUT2D eigenvalue weighted by Crippen LogP contribution is 2.34. The molecule has 2 aromatic heterocycles. The molecular formula is C11H7ClF3N5O3. The van der Waals surface area contributed by atoms with Gasteiger partial charge in [-0.3, -0.25) is 14.9 Å². The summed E-state index contributed by atoms with van der Waals surface area (Å²) in [7, 11) is 0. The van der Waals surface area contributed by atoms with Crippen molar-refractivity contribution in [3.05, 3.63) is 39.2 Å². The zero-order chi connectivity index (χ0) is 17.4. The van der Waals surface area contributed by atoms with Crippen LogP contribution in [0.5, 0.6) is 0 Å². The van der Waals surface area contributed by atoms with Crippen molar-refractivity contribution in [1.29, 1.82) is 0 Å². The van der Waals surface area contributed by atoms with Gasteiger partial charge in [-0.1, -0.05) is 11.6 Å². The van der Waals surface area contributed by atoms with Gasteiger partial charge in [0.1, 0.15) is 6.20 Å². The third-order valence-electron chi connectivity index (χ3n) is 2.59. The molecule has 0 atom stereocenters. The third-order valence-corrected chi connectivity index (χ3v) is 2.87. The van der Waals surface area contributed by atoms with E-state index in [0.29, 0.717) is 12.3 Å². The minimum Gasteiger partial charge on any atom is -0.305 e. The fourth-order valence-electron chi connectivity index (χ4n) is 1.66. The van der Waals surface area contributed by atoms with E-state index in [0.717, 1.165) is 17.8 Å². The van der Waals surface area contributed by atoms with Gasteiger partial charge < -0.3 is 5.32 Å². The van der Waals surface area contributed by atoms with Crippen molar-refractivity contribution >= 4 is 29.0 Å². The van der Waals surface area contributed by atoms with Gasteiger partial charge in [0.25, 0.3) is 0 Å². The number of hydrogen-bond acceptors (Lipinski definition) is 5. The number of hydrogen-bond donors (Lipinski definition) is 1. The molecule has 8 nitrogen and oxygen atoms in total. The molecule has 122 valence electrons. The lowest BCUT2D eigenvalue weighted by atomic mass is 10.3. The summed E-state index contributed by atoms with van der Waals surface area (Å²) in [6.45, 7) is 1.10. The Kier molecular flexibility index (Phi) is 4.23. The monoisotopic (exact) mass is 349 g/mol. The molecule has 23 heavy (non-hydrogen) atoms. The van der Waals surface area contributed by atoms with Gasteiger partial charge in [-0.25, -0.2) is 4.98 Å². The number of nitro groups is 1. The highest BCUT2D eigenvalue weighted by molar-refractivity contribution is 6.32. The van der Waals surface area contributed by atoms with E-state index in [9.17, 15) is 28.1 Å². The molecule has 1 amide bonds. The van der Waals surface area contributed by atoms with E-state index in [1.807, 2.05) is 0 Å². The van der Waals surface area contributed by atoms with Crippen LogP contribution in [0, 0.1) is 10.1 Å². The molecule has 2 rings (SSSR count). The lowest BCUT2D eigenvalue weighted by Gasteiger charge is -2.10. The van der Waals surface area contributed by atoms with Crippen LogP contribution in [0.1, 0.15) is 12.5 Å². The van der Waals surface area contributed by atoms with E-state index in [1.165, 1.54) is 0 Å². The fourth-order valence-corrected chi connectivity index (χ4v) is 1.91. The normalized spacial score (nSPS) is 11.3. The molecule has 0 aromatic carbocycles. The van der Waals surface area contributed by atoms with E-state index in [4.69, 9.17) is 11.6 Å². The number of amides is 1. The van der Waals surface area contributed by atoms with Crippen molar-refractivity contribution in [2.45, 2.75) is 13.1 Å². The maximum absolute atomic E-state index is 12.6. The molecule has 2 aromatic rings. The Labute approximate surface area is 131 Å². The first kappa shape index (κ1) is 16.7. The first-order chi connectivity index (χ1) is 10.6. The van der Waals surface area contributed by atoms with E-state index < -0.39 is 33.3 Å². The van der Waals surface area contributed by atoms with E-state index in [-0.39, 0.29) is 11.6 Å². The molecule has 2 heterocycles. The number of pyridine rings is 1. The summed E-state index contributed by atoms with van der Waals surface area (Å²) in [5, 5.41) is 16.3. The second-order valence-corrected chi connectivity index (χ2v) is 4.66. The van der Waals surface area contributed by atoms with Gasteiger partial charge in [0, 0.05) is 13.1 Å². The quantitative estimate of drug-likeness (QED) is 0.678. The zero-order valence-electron chi connectivity index (χ0n) is 11.3. The molecular weight excluding hydrogens is 343 g/mol. The molecule has 1 N–H and O–H groups in total. The van der Waals surface area contributed by atoms with Gasteiger partial charge in [-0.15, -0.1) is 0 Å². The molecule has 0 saturated carbocycles. The second-order valence-electron chi connectivity index (χ2n) is 4.26. The Morgan fingerprint density at radius 1 is 1.43 bits per heavy atom. The van der Waals surface area contributed by atoms with Crippen LogP contribution in [-0.2, 0) is 11.0 Å². The van der Waals surface area contributed by atoms with Crippen LogP contribution < -0.4 is 5.32 Å². The number of anilines is 1. The van der Waals surface area contributed by atoms with Crippen LogP contribution in [-0.4, -0.2) is 25.6 Å². The van der Waals surface area contributed by atoms with Crippen molar-refractivity contribution in [2.24, 2.45) is 0 Å². The van der Waals surface area contributed by atoms with Gasteiger partial charge in [0.15, 0.2) is 5.82 Å². The van der Waals surface area contributed by atoms with Gasteiger partial charge in [0.05, 0.1) is 15.5 Å². The van der Waals surface area contributed by atoms with Crippen molar-refractivity contribution < 1.29 is 22.9 Å². The summed E-state index contributed by atoms with van der Waals surface area (Å²) in [6, 6.07) is 0.606. The van der Waals surface area contributed by atoms with Crippen molar-refractivity contribution in [2.75, 3.05) is 5.32 Å². The number of carbonyl (C=O) groups is 1. The fraction of sp³-hybridized carbons (Fsp3) is 0.182. The van der Waals surface area contributed by atoms with E-state index in [2.05, 4.69) is 15.4 Å². The van der Waals surface area contributed by atoms with E-state index >= 15 is 0 Å². The molecule has 0 saturated heterocycles. The predicted octanol–water partition coefficient (Wildman–Crippen LogP) is 2.81. The summed E-state index contributed by atoms with van der Waals surface area (Å²) in [6.07, 6.45) is -3.32. The summed E-state index contributed by atoms with van der Waals surface area (Å²) in [4.78, 5) is 24.8. The molecule has 0 fully saturated rings. The zero-order valence-corrected chi connectivity index (χ0v) is 12.0. The molecule has 0 aliphatic carbocycles. The van der Waals surface area contributed by atoms with E-state index in [1.54, 1.807) is 0 Å². The SMILES string of the molecule is CC(=O)Nc1c([N+](=O)[O-])cnn1-c1ncc(C(F)(F)F)cc1Cl. The highest BCUT2D eigenvalue weighted by Gasteiger charge is 2.32. The summed E-state index contributed by atoms with van der Waals surface area (Å²) in [5.41, 5.74) is -1.65. The third kappa shape index (κ3) is 3.39. The molecule has 0 unspecified atom stereocenters. The largest absolute Gasteiger partial charge is 0.417 e. The number of aromatic nitrogens is 3. The standard InChI is InChI=1S/C11H7ClF3N5O3/c1-5(21)18-10-8(20(22)23)4-17-19(10)9-7(12)2-6(3-16-9)11(13,14)15/h2-4H,1H3,(H,18,21). The molecule has 0 aliphatic heterocycles. The van der Waals surface area contributed by atoms with Gasteiger partial charge in [0.2, 0.25) is 11.7 Å². The van der Waals surface area contributed by atoms with Crippen LogP contribution >= 0.6 is 11.6 Å². The molecule has 0 aliphatic rings. The Morgan fingerprint density at radius 3 is 2.57 bits per heavy atom. The number of halogens is 4. The Morgan fingerprint density at radius 2 is 2.09 bits per heavy atom. The molecule has 0 radical (unpaired) electrons. The van der Waals surface area contributed by atoms with Gasteiger partial charge >= 0.3 is 11.9 Å². The Hall–Kier alpha value is -2.69. The van der Waals surface area contributed by atoms with Crippen LogP contribution in [0.2, 0.25) is 5.02 Å². The smallest absolute Gasteiger partial charge is 0.305 e. The van der Waals surface area contributed by atoms with Crippen LogP contribution in [0.3, 0.4) is 0 Å². The predicted molar refractivity (Wildman–Crippen MR) is 72.3 cm³/mol. The maximum atomic E-state index is 12.6. The van der Waals surface area contributed by atoms with Crippen LogP contribution in [0.4, 0.5) is 24.7 Å². The average molecular weight is 350 g/mol. The molecule has 12 heteroatoms. The topological polar surface area (TPSA) is 103 Å². The van der Waals surface area contributed by atoms with Crippen LogP contribution in [0.25, 0.3) is 5.82 Å². The number of alkyl halides is 3. The average Bonchev–Trinajstić information content (AvgIpc) is 2.80. The van der Waals surface area contributed by atoms with Crippen molar-refractivity contribution in [3.8, 4) is 5.82 Å². The lowest BCUT2D eigenvalue weighted by molar-refractivity contribution is -0.384. The van der Waals surface area contributed by atoms with Gasteiger partial charge in [-0.05, 0) is 6.07 Å². The second kappa shape index (κ2) is 5.83. The number of carbonyl (C=O) groups excluding carboxylic acids is 1. The van der Waals surface area contributed by atoms with Crippen LogP contribution in [0.15, 0.2) is 18.5 Å². The van der Waals surface area contributed by atoms with Crippen molar-refractivity contribution in [3.63, 3.8) is 0 Å². The summed E-state index contributed by atoms with van der Waals surface area (Å²) in [5.74, 6) is -1.30. The summed E-state index contributed by atoms with van der Waals surface area (Å²) >= 11 is 5.76. The Bertz CT molecular complexity index is 790.